The number of nitrogens with one attached hydrogen (secondary N) is 1. The SMILES string of the molecule is Cc1nc(CNC(=O)CSC(C)(C)C)sc1C(=O)O. The first-order valence-corrected chi connectivity index (χ1v) is 7.59. The van der Waals surface area contributed by atoms with Crippen molar-refractivity contribution in [2.24, 2.45) is 0 Å². The fraction of sp³-hybridized carbons (Fsp3) is 0.583. The quantitative estimate of drug-likeness (QED) is 0.872. The predicted octanol–water partition coefficient (Wildman–Crippen LogP) is 2.30. The van der Waals surface area contributed by atoms with Gasteiger partial charge in [-0.05, 0) is 6.92 Å². The van der Waals surface area contributed by atoms with Crippen LogP contribution in [0.15, 0.2) is 0 Å². The van der Waals surface area contributed by atoms with Crippen molar-refractivity contribution >= 4 is 35.0 Å². The van der Waals surface area contributed by atoms with Crippen LogP contribution in [0.2, 0.25) is 0 Å². The molecule has 7 heteroatoms. The second-order valence-corrected chi connectivity index (χ2v) is 7.89. The largest absolute Gasteiger partial charge is 0.477 e. The molecule has 1 aromatic rings. The molecule has 0 saturated heterocycles. The Morgan fingerprint density at radius 2 is 2.05 bits per heavy atom. The molecule has 106 valence electrons. The van der Waals surface area contributed by atoms with Crippen molar-refractivity contribution in [1.82, 2.24) is 10.3 Å². The average Bonchev–Trinajstić information content (AvgIpc) is 2.64. The third-order valence-electron chi connectivity index (χ3n) is 2.11. The zero-order chi connectivity index (χ0) is 14.6. The van der Waals surface area contributed by atoms with E-state index in [0.29, 0.717) is 16.5 Å². The van der Waals surface area contributed by atoms with Gasteiger partial charge in [-0.25, -0.2) is 9.78 Å². The molecule has 2 N–H and O–H groups in total. The molecule has 1 rings (SSSR count). The molecule has 0 aromatic carbocycles. The summed E-state index contributed by atoms with van der Waals surface area (Å²) in [6.07, 6.45) is 0. The number of aromatic carboxylic acids is 1. The Bertz CT molecular complexity index is 478. The highest BCUT2D eigenvalue weighted by molar-refractivity contribution is 8.01. The number of carboxylic acids is 1. The molecular weight excluding hydrogens is 284 g/mol. The Labute approximate surface area is 120 Å². The number of rotatable bonds is 5. The summed E-state index contributed by atoms with van der Waals surface area (Å²) in [5.74, 6) is -0.653. The van der Waals surface area contributed by atoms with E-state index in [1.54, 1.807) is 18.7 Å². The van der Waals surface area contributed by atoms with Gasteiger partial charge in [0, 0.05) is 4.75 Å². The van der Waals surface area contributed by atoms with Gasteiger partial charge < -0.3 is 10.4 Å². The molecule has 0 spiro atoms. The molecule has 0 aliphatic heterocycles. The smallest absolute Gasteiger partial charge is 0.347 e. The zero-order valence-electron chi connectivity index (χ0n) is 11.4. The Hall–Kier alpha value is -1.08. The number of carbonyl (C=O) groups is 2. The number of amides is 1. The Morgan fingerprint density at radius 1 is 1.42 bits per heavy atom. The number of nitrogens with zero attached hydrogens (tertiary/aromatic N) is 1. The van der Waals surface area contributed by atoms with E-state index in [9.17, 15) is 9.59 Å². The van der Waals surface area contributed by atoms with Gasteiger partial charge in [0.15, 0.2) is 0 Å². The lowest BCUT2D eigenvalue weighted by Crippen LogP contribution is -2.26. The van der Waals surface area contributed by atoms with E-state index >= 15 is 0 Å². The van der Waals surface area contributed by atoms with Gasteiger partial charge in [-0.2, -0.15) is 0 Å². The topological polar surface area (TPSA) is 79.3 Å². The number of hydrogen-bond donors (Lipinski definition) is 2. The lowest BCUT2D eigenvalue weighted by molar-refractivity contribution is -0.118. The van der Waals surface area contributed by atoms with Gasteiger partial charge in [-0.1, -0.05) is 20.8 Å². The van der Waals surface area contributed by atoms with Crippen molar-refractivity contribution in [3.8, 4) is 0 Å². The molecule has 0 saturated carbocycles. The molecule has 0 aliphatic carbocycles. The first-order valence-electron chi connectivity index (χ1n) is 5.79. The second kappa shape index (κ2) is 6.38. The standard InChI is InChI=1S/C12H18N2O3S2/c1-7-10(11(16)17)19-9(14-7)5-13-8(15)6-18-12(2,3)4/h5-6H2,1-4H3,(H,13,15)(H,16,17). The van der Waals surface area contributed by atoms with Crippen LogP contribution in [0.1, 0.15) is 41.1 Å². The minimum Gasteiger partial charge on any atom is -0.477 e. The number of carbonyl (C=O) groups excluding carboxylic acids is 1. The van der Waals surface area contributed by atoms with E-state index in [1.807, 2.05) is 20.8 Å². The van der Waals surface area contributed by atoms with Crippen LogP contribution in [0.3, 0.4) is 0 Å². The Morgan fingerprint density at radius 3 is 2.53 bits per heavy atom. The van der Waals surface area contributed by atoms with Crippen molar-refractivity contribution < 1.29 is 14.7 Å². The van der Waals surface area contributed by atoms with Gasteiger partial charge in [0.1, 0.15) is 9.88 Å². The monoisotopic (exact) mass is 302 g/mol. The number of thiazole rings is 1. The molecule has 0 unspecified atom stereocenters. The van der Waals surface area contributed by atoms with Crippen LogP contribution in [0.25, 0.3) is 0 Å². The number of thioether (sulfide) groups is 1. The molecule has 5 nitrogen and oxygen atoms in total. The number of aryl methyl sites for hydroxylation is 1. The maximum absolute atomic E-state index is 11.6. The lowest BCUT2D eigenvalue weighted by Gasteiger charge is -2.16. The van der Waals surface area contributed by atoms with Crippen molar-refractivity contribution in [2.45, 2.75) is 39.0 Å². The van der Waals surface area contributed by atoms with Gasteiger partial charge in [-0.3, -0.25) is 4.79 Å². The summed E-state index contributed by atoms with van der Waals surface area (Å²) in [7, 11) is 0. The summed E-state index contributed by atoms with van der Waals surface area (Å²) in [4.78, 5) is 26.8. The van der Waals surface area contributed by atoms with Crippen LogP contribution in [-0.2, 0) is 11.3 Å². The van der Waals surface area contributed by atoms with Gasteiger partial charge in [0.25, 0.3) is 0 Å². The highest BCUT2D eigenvalue weighted by Crippen LogP contribution is 2.22. The molecule has 0 aliphatic rings. The van der Waals surface area contributed by atoms with E-state index in [0.717, 1.165) is 11.3 Å². The maximum atomic E-state index is 11.6. The van der Waals surface area contributed by atoms with Crippen LogP contribution < -0.4 is 5.32 Å². The molecule has 1 heterocycles. The Kier molecular flexibility index (Phi) is 5.37. The molecule has 0 atom stereocenters. The summed E-state index contributed by atoms with van der Waals surface area (Å²) >= 11 is 2.67. The van der Waals surface area contributed by atoms with E-state index in [-0.39, 0.29) is 22.1 Å². The zero-order valence-corrected chi connectivity index (χ0v) is 13.1. The average molecular weight is 302 g/mol. The van der Waals surface area contributed by atoms with E-state index in [4.69, 9.17) is 5.11 Å². The van der Waals surface area contributed by atoms with Crippen LogP contribution in [0.4, 0.5) is 0 Å². The van der Waals surface area contributed by atoms with Crippen LogP contribution >= 0.6 is 23.1 Å². The van der Waals surface area contributed by atoms with Crippen LogP contribution in [0, 0.1) is 6.92 Å². The number of aromatic nitrogens is 1. The molecular formula is C12H18N2O3S2. The Balaban J connectivity index is 2.47. The van der Waals surface area contributed by atoms with Gasteiger partial charge in [0.05, 0.1) is 18.0 Å². The van der Waals surface area contributed by atoms with Crippen LogP contribution in [0.5, 0.6) is 0 Å². The van der Waals surface area contributed by atoms with E-state index in [2.05, 4.69) is 10.3 Å². The summed E-state index contributed by atoms with van der Waals surface area (Å²) in [6, 6.07) is 0. The van der Waals surface area contributed by atoms with Crippen molar-refractivity contribution in [2.75, 3.05) is 5.75 Å². The second-order valence-electron chi connectivity index (χ2n) is 5.01. The van der Waals surface area contributed by atoms with Crippen molar-refractivity contribution in [3.63, 3.8) is 0 Å². The minimum absolute atomic E-state index is 0.0472. The predicted molar refractivity (Wildman–Crippen MR) is 77.9 cm³/mol. The normalized spacial score (nSPS) is 11.4. The van der Waals surface area contributed by atoms with Crippen molar-refractivity contribution in [3.05, 3.63) is 15.6 Å². The third kappa shape index (κ3) is 5.61. The van der Waals surface area contributed by atoms with E-state index < -0.39 is 5.97 Å². The van der Waals surface area contributed by atoms with Gasteiger partial charge in [0.2, 0.25) is 5.91 Å². The third-order valence-corrected chi connectivity index (χ3v) is 4.53. The first-order chi connectivity index (χ1) is 8.69. The number of hydrogen-bond acceptors (Lipinski definition) is 5. The fourth-order valence-corrected chi connectivity index (χ4v) is 2.74. The van der Waals surface area contributed by atoms with Gasteiger partial charge >= 0.3 is 5.97 Å². The fourth-order valence-electron chi connectivity index (χ4n) is 1.23. The molecule has 0 fully saturated rings. The molecule has 1 aromatic heterocycles. The number of carboxylic acid groups (broad SMARTS) is 1. The van der Waals surface area contributed by atoms with E-state index in [1.165, 1.54) is 0 Å². The summed E-state index contributed by atoms with van der Waals surface area (Å²) in [6.45, 7) is 8.08. The highest BCUT2D eigenvalue weighted by atomic mass is 32.2. The van der Waals surface area contributed by atoms with Gasteiger partial charge in [-0.15, -0.1) is 23.1 Å². The molecule has 0 bridgehead atoms. The summed E-state index contributed by atoms with van der Waals surface area (Å²) in [5, 5.41) is 12.3. The maximum Gasteiger partial charge on any atom is 0.347 e. The molecule has 1 amide bonds. The summed E-state index contributed by atoms with van der Waals surface area (Å²) in [5.41, 5.74) is 0.491. The van der Waals surface area contributed by atoms with Crippen molar-refractivity contribution in [1.29, 1.82) is 0 Å². The summed E-state index contributed by atoms with van der Waals surface area (Å²) < 4.78 is 0.0472. The highest BCUT2D eigenvalue weighted by Gasteiger charge is 2.16. The molecule has 19 heavy (non-hydrogen) atoms. The van der Waals surface area contributed by atoms with Crippen LogP contribution in [-0.4, -0.2) is 32.5 Å². The molecule has 0 radical (unpaired) electrons. The lowest BCUT2D eigenvalue weighted by atomic mass is 10.3. The minimum atomic E-state index is -0.976. The first kappa shape index (κ1) is 16.0.